The van der Waals surface area contributed by atoms with Crippen LogP contribution in [0, 0.1) is 0 Å². The Morgan fingerprint density at radius 3 is 2.33 bits per heavy atom. The second-order valence-corrected chi connectivity index (χ2v) is 6.42. The van der Waals surface area contributed by atoms with Crippen molar-refractivity contribution in [1.82, 2.24) is 5.48 Å². The first-order chi connectivity index (χ1) is 11.5. The van der Waals surface area contributed by atoms with Crippen LogP contribution in [0.25, 0.3) is 0 Å². The van der Waals surface area contributed by atoms with Gasteiger partial charge in [-0.15, -0.1) is 0 Å². The zero-order chi connectivity index (χ0) is 17.8. The Balaban J connectivity index is 2.37. The van der Waals surface area contributed by atoms with Crippen LogP contribution in [0.2, 0.25) is 10.0 Å². The molecule has 0 bridgehead atoms. The Hall–Kier alpha value is -0.780. The number of hydrogen-bond acceptors (Lipinski definition) is 4. The van der Waals surface area contributed by atoms with E-state index in [4.69, 9.17) is 60.7 Å². The standard InChI is InChI=1S/C16H19Cl4NO3/c1-2-21-24-8-5-3-4-7-23-16-13(17)10-12(11-14(16)18)22-9-6-15(19)20/h2,6,10-11,21H,1,3-5,7-9H2. The van der Waals surface area contributed by atoms with Crippen molar-refractivity contribution in [3.8, 4) is 11.5 Å². The van der Waals surface area contributed by atoms with E-state index in [1.165, 1.54) is 12.3 Å². The van der Waals surface area contributed by atoms with Crippen LogP contribution in [0.5, 0.6) is 11.5 Å². The summed E-state index contributed by atoms with van der Waals surface area (Å²) in [6.45, 7) is 4.83. The monoisotopic (exact) mass is 413 g/mol. The zero-order valence-corrected chi connectivity index (χ0v) is 16.0. The summed E-state index contributed by atoms with van der Waals surface area (Å²) < 4.78 is 11.2. The summed E-state index contributed by atoms with van der Waals surface area (Å²) in [5.74, 6) is 0.955. The van der Waals surface area contributed by atoms with Gasteiger partial charge in [0.25, 0.3) is 0 Å². The highest BCUT2D eigenvalue weighted by molar-refractivity contribution is 6.55. The zero-order valence-electron chi connectivity index (χ0n) is 13.0. The van der Waals surface area contributed by atoms with Gasteiger partial charge in [-0.05, 0) is 25.3 Å². The van der Waals surface area contributed by atoms with Gasteiger partial charge in [0.15, 0.2) is 5.75 Å². The molecule has 1 rings (SSSR count). The second-order valence-electron chi connectivity index (χ2n) is 4.60. The Morgan fingerprint density at radius 2 is 1.71 bits per heavy atom. The average Bonchev–Trinajstić information content (AvgIpc) is 2.51. The minimum Gasteiger partial charge on any atom is -0.490 e. The lowest BCUT2D eigenvalue weighted by Gasteiger charge is -2.12. The Bertz CT molecular complexity index is 525. The molecule has 1 aromatic rings. The van der Waals surface area contributed by atoms with Crippen LogP contribution in [0.1, 0.15) is 19.3 Å². The van der Waals surface area contributed by atoms with E-state index in [1.54, 1.807) is 12.1 Å². The number of benzene rings is 1. The Morgan fingerprint density at radius 1 is 1.04 bits per heavy atom. The van der Waals surface area contributed by atoms with E-state index in [-0.39, 0.29) is 11.1 Å². The molecular formula is C16H19Cl4NO3. The van der Waals surface area contributed by atoms with Crippen molar-refractivity contribution in [2.24, 2.45) is 0 Å². The van der Waals surface area contributed by atoms with E-state index in [1.807, 2.05) is 0 Å². The fourth-order valence-corrected chi connectivity index (χ4v) is 2.41. The summed E-state index contributed by atoms with van der Waals surface area (Å²) in [4.78, 5) is 5.06. The maximum Gasteiger partial charge on any atom is 0.156 e. The van der Waals surface area contributed by atoms with Crippen LogP contribution in [0.4, 0.5) is 0 Å². The third-order valence-corrected chi connectivity index (χ3v) is 3.63. The summed E-state index contributed by atoms with van der Waals surface area (Å²) in [7, 11) is 0. The van der Waals surface area contributed by atoms with Crippen LogP contribution in [0.3, 0.4) is 0 Å². The lowest BCUT2D eigenvalue weighted by atomic mass is 10.2. The Kier molecular flexibility index (Phi) is 11.1. The Labute approximate surface area is 162 Å². The molecule has 0 unspecified atom stereocenters. The van der Waals surface area contributed by atoms with Gasteiger partial charge >= 0.3 is 0 Å². The first-order valence-electron chi connectivity index (χ1n) is 7.28. The molecule has 0 atom stereocenters. The van der Waals surface area contributed by atoms with Gasteiger partial charge in [0.05, 0.1) is 23.3 Å². The summed E-state index contributed by atoms with van der Waals surface area (Å²) in [6, 6.07) is 3.26. The normalized spacial score (nSPS) is 10.2. The van der Waals surface area contributed by atoms with Gasteiger partial charge < -0.3 is 9.47 Å². The third-order valence-electron chi connectivity index (χ3n) is 2.76. The molecule has 1 N–H and O–H groups in total. The van der Waals surface area contributed by atoms with E-state index in [0.717, 1.165) is 19.3 Å². The van der Waals surface area contributed by atoms with Crippen molar-refractivity contribution < 1.29 is 14.3 Å². The summed E-state index contributed by atoms with van der Waals surface area (Å²) in [6.07, 6.45) is 5.74. The fourth-order valence-electron chi connectivity index (χ4n) is 1.70. The van der Waals surface area contributed by atoms with Crippen LogP contribution in [-0.4, -0.2) is 19.8 Å². The predicted octanol–water partition coefficient (Wildman–Crippen LogP) is 5.91. The highest BCUT2D eigenvalue weighted by atomic mass is 35.5. The minimum atomic E-state index is 0.137. The first-order valence-corrected chi connectivity index (χ1v) is 8.79. The van der Waals surface area contributed by atoms with Crippen molar-refractivity contribution in [2.45, 2.75) is 19.3 Å². The summed E-state index contributed by atoms with van der Waals surface area (Å²) >= 11 is 23.4. The highest BCUT2D eigenvalue weighted by Gasteiger charge is 2.10. The molecule has 0 saturated carbocycles. The molecule has 0 spiro atoms. The number of hydroxylamine groups is 1. The van der Waals surface area contributed by atoms with E-state index in [9.17, 15) is 0 Å². The minimum absolute atomic E-state index is 0.137. The largest absolute Gasteiger partial charge is 0.490 e. The van der Waals surface area contributed by atoms with Gasteiger partial charge in [-0.2, -0.15) is 0 Å². The van der Waals surface area contributed by atoms with Crippen LogP contribution < -0.4 is 15.0 Å². The van der Waals surface area contributed by atoms with E-state index < -0.39 is 0 Å². The van der Waals surface area contributed by atoms with E-state index in [0.29, 0.717) is 34.8 Å². The molecular weight excluding hydrogens is 396 g/mol. The maximum atomic E-state index is 6.18. The number of rotatable bonds is 12. The van der Waals surface area contributed by atoms with Crippen molar-refractivity contribution in [1.29, 1.82) is 0 Å². The average molecular weight is 415 g/mol. The van der Waals surface area contributed by atoms with Crippen LogP contribution in [-0.2, 0) is 4.84 Å². The molecule has 4 nitrogen and oxygen atoms in total. The number of unbranched alkanes of at least 4 members (excludes halogenated alkanes) is 2. The molecule has 24 heavy (non-hydrogen) atoms. The predicted molar refractivity (Wildman–Crippen MR) is 100 cm³/mol. The number of ether oxygens (including phenoxy) is 2. The number of nitrogens with one attached hydrogen (secondary N) is 1. The molecule has 0 radical (unpaired) electrons. The fraction of sp³-hybridized carbons (Fsp3) is 0.375. The molecule has 0 aliphatic heterocycles. The molecule has 8 heteroatoms. The van der Waals surface area contributed by atoms with Crippen molar-refractivity contribution >= 4 is 46.4 Å². The summed E-state index contributed by atoms with van der Waals surface area (Å²) in [5, 5.41) is 0.772. The molecule has 134 valence electrons. The molecule has 0 aliphatic carbocycles. The number of hydrogen-bond donors (Lipinski definition) is 1. The van der Waals surface area contributed by atoms with Gasteiger partial charge in [-0.3, -0.25) is 10.3 Å². The lowest BCUT2D eigenvalue weighted by molar-refractivity contribution is 0.0678. The van der Waals surface area contributed by atoms with E-state index >= 15 is 0 Å². The van der Waals surface area contributed by atoms with Crippen molar-refractivity contribution in [3.63, 3.8) is 0 Å². The highest BCUT2D eigenvalue weighted by Crippen LogP contribution is 2.37. The summed E-state index contributed by atoms with van der Waals surface area (Å²) in [5.41, 5.74) is 2.57. The molecule has 0 heterocycles. The molecule has 0 aliphatic rings. The van der Waals surface area contributed by atoms with Gasteiger partial charge in [0.1, 0.15) is 16.8 Å². The number of halogens is 4. The van der Waals surface area contributed by atoms with Crippen molar-refractivity contribution in [3.05, 3.63) is 45.5 Å². The maximum absolute atomic E-state index is 6.18. The topological polar surface area (TPSA) is 39.7 Å². The van der Waals surface area contributed by atoms with Gasteiger partial charge in [-0.25, -0.2) is 0 Å². The van der Waals surface area contributed by atoms with Gasteiger partial charge in [0, 0.05) is 18.3 Å². The molecule has 0 aromatic heterocycles. The molecule has 1 aromatic carbocycles. The smallest absolute Gasteiger partial charge is 0.156 e. The van der Waals surface area contributed by atoms with Crippen molar-refractivity contribution in [2.75, 3.05) is 19.8 Å². The first kappa shape index (κ1) is 21.3. The molecule has 0 fully saturated rings. The quantitative estimate of drug-likeness (QED) is 0.341. The van der Waals surface area contributed by atoms with Crippen LogP contribution in [0.15, 0.2) is 35.5 Å². The SMILES string of the molecule is C=CNOCCCCCOc1c(Cl)cc(OCC=C(Cl)Cl)cc1Cl. The van der Waals surface area contributed by atoms with E-state index in [2.05, 4.69) is 12.1 Å². The van der Waals surface area contributed by atoms with Gasteiger partial charge in [-0.1, -0.05) is 53.0 Å². The van der Waals surface area contributed by atoms with Gasteiger partial charge in [0.2, 0.25) is 0 Å². The third kappa shape index (κ3) is 8.90. The van der Waals surface area contributed by atoms with Crippen LogP contribution >= 0.6 is 46.4 Å². The molecule has 0 amide bonds. The lowest BCUT2D eigenvalue weighted by Crippen LogP contribution is -2.07. The molecule has 0 saturated heterocycles. The second kappa shape index (κ2) is 12.6.